The Labute approximate surface area is 116 Å². The van der Waals surface area contributed by atoms with Crippen LogP contribution in [0.4, 0.5) is 10.5 Å². The van der Waals surface area contributed by atoms with Crippen LogP contribution in [0.1, 0.15) is 27.2 Å². The first-order valence-corrected chi connectivity index (χ1v) is 6.76. The highest BCUT2D eigenvalue weighted by molar-refractivity contribution is 9.10. The number of rotatable bonds is 5. The van der Waals surface area contributed by atoms with Crippen LogP contribution >= 0.6 is 15.9 Å². The van der Waals surface area contributed by atoms with Crippen molar-refractivity contribution in [3.05, 3.63) is 22.7 Å². The summed E-state index contributed by atoms with van der Waals surface area (Å²) in [5.74, 6) is 0.748. The fourth-order valence-corrected chi connectivity index (χ4v) is 1.76. The maximum Gasteiger partial charge on any atom is 0.411 e. The number of carbonyl (C=O) groups is 1. The fraction of sp³-hybridized carbons (Fsp3) is 0.462. The van der Waals surface area contributed by atoms with Crippen LogP contribution in [0.15, 0.2) is 22.7 Å². The molecule has 0 saturated heterocycles. The molecule has 1 amide bonds. The van der Waals surface area contributed by atoms with E-state index in [4.69, 9.17) is 9.47 Å². The molecule has 0 fully saturated rings. The zero-order valence-corrected chi connectivity index (χ0v) is 12.4. The summed E-state index contributed by atoms with van der Waals surface area (Å²) in [4.78, 5) is 11.5. The molecule has 1 rings (SSSR count). The van der Waals surface area contributed by atoms with Crippen LogP contribution in [0.2, 0.25) is 0 Å². The maximum atomic E-state index is 11.5. The summed E-state index contributed by atoms with van der Waals surface area (Å²) >= 11 is 3.39. The highest BCUT2D eigenvalue weighted by atomic mass is 79.9. The molecule has 100 valence electrons. The molecule has 0 spiro atoms. The predicted octanol–water partition coefficient (Wildman–Crippen LogP) is 4.19. The molecule has 1 N–H and O–H groups in total. The SMILES string of the molecule is CCOc1ccc(NC(=O)OC(C)CC)cc1Br. The van der Waals surface area contributed by atoms with Gasteiger partial charge in [-0.2, -0.15) is 0 Å². The number of carbonyl (C=O) groups excluding carboxylic acids is 1. The van der Waals surface area contributed by atoms with E-state index in [0.29, 0.717) is 12.3 Å². The molecule has 0 radical (unpaired) electrons. The van der Waals surface area contributed by atoms with Gasteiger partial charge in [0.2, 0.25) is 0 Å². The average Bonchev–Trinajstić information content (AvgIpc) is 2.32. The number of anilines is 1. The van der Waals surface area contributed by atoms with Crippen molar-refractivity contribution in [3.8, 4) is 5.75 Å². The van der Waals surface area contributed by atoms with Crippen molar-refractivity contribution < 1.29 is 14.3 Å². The van der Waals surface area contributed by atoms with Crippen molar-refractivity contribution in [3.63, 3.8) is 0 Å². The summed E-state index contributed by atoms with van der Waals surface area (Å²) in [6, 6.07) is 5.35. The van der Waals surface area contributed by atoms with Crippen LogP contribution in [0.25, 0.3) is 0 Å². The molecule has 0 aliphatic rings. The van der Waals surface area contributed by atoms with Crippen molar-refractivity contribution in [2.24, 2.45) is 0 Å². The molecule has 1 aromatic carbocycles. The van der Waals surface area contributed by atoms with Gasteiger partial charge in [0.1, 0.15) is 11.9 Å². The molecule has 18 heavy (non-hydrogen) atoms. The molecule has 0 aliphatic carbocycles. The van der Waals surface area contributed by atoms with Crippen molar-refractivity contribution in [2.75, 3.05) is 11.9 Å². The summed E-state index contributed by atoms with van der Waals surface area (Å²) in [6.07, 6.45) is 0.261. The minimum absolute atomic E-state index is 0.0869. The van der Waals surface area contributed by atoms with Crippen LogP contribution in [-0.2, 0) is 4.74 Å². The third-order valence-corrected chi connectivity index (χ3v) is 2.98. The normalized spacial score (nSPS) is 11.8. The highest BCUT2D eigenvalue weighted by Gasteiger charge is 2.09. The summed E-state index contributed by atoms with van der Waals surface area (Å²) in [6.45, 7) is 6.34. The standard InChI is InChI=1S/C13H18BrNO3/c1-4-9(3)18-13(16)15-10-6-7-12(17-5-2)11(14)8-10/h6-9H,4-5H2,1-3H3,(H,15,16). The number of nitrogens with one attached hydrogen (secondary N) is 1. The molecule has 1 unspecified atom stereocenters. The van der Waals surface area contributed by atoms with Gasteiger partial charge in [-0.15, -0.1) is 0 Å². The summed E-state index contributed by atoms with van der Waals surface area (Å²) in [7, 11) is 0. The van der Waals surface area contributed by atoms with Crippen LogP contribution in [0.5, 0.6) is 5.75 Å². The van der Waals surface area contributed by atoms with E-state index >= 15 is 0 Å². The number of amides is 1. The van der Waals surface area contributed by atoms with Crippen molar-refractivity contribution in [2.45, 2.75) is 33.3 Å². The second-order valence-electron chi connectivity index (χ2n) is 3.83. The lowest BCUT2D eigenvalue weighted by atomic mass is 10.3. The van der Waals surface area contributed by atoms with E-state index in [9.17, 15) is 4.79 Å². The Kier molecular flexibility index (Phi) is 5.98. The van der Waals surface area contributed by atoms with Gasteiger partial charge >= 0.3 is 6.09 Å². The van der Waals surface area contributed by atoms with E-state index in [2.05, 4.69) is 21.2 Å². The molecule has 0 bridgehead atoms. The Morgan fingerprint density at radius 1 is 1.44 bits per heavy atom. The maximum absolute atomic E-state index is 11.5. The Hall–Kier alpha value is -1.23. The third-order valence-electron chi connectivity index (χ3n) is 2.36. The molecule has 0 saturated carbocycles. The molecule has 1 aromatic rings. The van der Waals surface area contributed by atoms with Gasteiger partial charge in [0.25, 0.3) is 0 Å². The zero-order chi connectivity index (χ0) is 13.5. The van der Waals surface area contributed by atoms with Gasteiger partial charge in [0.05, 0.1) is 11.1 Å². The van der Waals surface area contributed by atoms with E-state index in [0.717, 1.165) is 16.6 Å². The van der Waals surface area contributed by atoms with Gasteiger partial charge in [0.15, 0.2) is 0 Å². The number of hydrogen-bond acceptors (Lipinski definition) is 3. The second kappa shape index (κ2) is 7.26. The number of benzene rings is 1. The number of halogens is 1. The summed E-state index contributed by atoms with van der Waals surface area (Å²) in [5, 5.41) is 2.67. The van der Waals surface area contributed by atoms with Gasteiger partial charge in [-0.1, -0.05) is 6.92 Å². The van der Waals surface area contributed by atoms with E-state index in [1.807, 2.05) is 20.8 Å². The molecule has 0 heterocycles. The lowest BCUT2D eigenvalue weighted by molar-refractivity contribution is 0.118. The second-order valence-corrected chi connectivity index (χ2v) is 4.68. The average molecular weight is 316 g/mol. The largest absolute Gasteiger partial charge is 0.493 e. The minimum Gasteiger partial charge on any atom is -0.493 e. The van der Waals surface area contributed by atoms with Gasteiger partial charge in [-0.25, -0.2) is 4.79 Å². The monoisotopic (exact) mass is 315 g/mol. The molecular weight excluding hydrogens is 298 g/mol. The molecule has 0 aliphatic heterocycles. The summed E-state index contributed by atoms with van der Waals surface area (Å²) < 4.78 is 11.3. The fourth-order valence-electron chi connectivity index (χ4n) is 1.26. The van der Waals surface area contributed by atoms with Crippen LogP contribution in [0.3, 0.4) is 0 Å². The van der Waals surface area contributed by atoms with E-state index < -0.39 is 6.09 Å². The lowest BCUT2D eigenvalue weighted by Gasteiger charge is -2.12. The number of ether oxygens (including phenoxy) is 2. The van der Waals surface area contributed by atoms with Crippen LogP contribution in [-0.4, -0.2) is 18.8 Å². The first-order chi connectivity index (χ1) is 8.56. The van der Waals surface area contributed by atoms with Gasteiger partial charge in [-0.05, 0) is 54.4 Å². The first-order valence-electron chi connectivity index (χ1n) is 5.96. The lowest BCUT2D eigenvalue weighted by Crippen LogP contribution is -2.19. The molecular formula is C13H18BrNO3. The van der Waals surface area contributed by atoms with E-state index in [1.54, 1.807) is 18.2 Å². The predicted molar refractivity (Wildman–Crippen MR) is 75.2 cm³/mol. The van der Waals surface area contributed by atoms with E-state index in [1.165, 1.54) is 0 Å². The molecule has 1 atom stereocenters. The van der Waals surface area contributed by atoms with Gasteiger partial charge in [0, 0.05) is 5.69 Å². The van der Waals surface area contributed by atoms with Crippen LogP contribution < -0.4 is 10.1 Å². The molecule has 4 nitrogen and oxygen atoms in total. The van der Waals surface area contributed by atoms with Gasteiger partial charge < -0.3 is 9.47 Å². The summed E-state index contributed by atoms with van der Waals surface area (Å²) in [5.41, 5.74) is 0.665. The van der Waals surface area contributed by atoms with E-state index in [-0.39, 0.29) is 6.10 Å². The van der Waals surface area contributed by atoms with Crippen LogP contribution in [0, 0.1) is 0 Å². The zero-order valence-electron chi connectivity index (χ0n) is 10.8. The topological polar surface area (TPSA) is 47.6 Å². The Balaban J connectivity index is 2.63. The Morgan fingerprint density at radius 2 is 2.17 bits per heavy atom. The third kappa shape index (κ3) is 4.56. The highest BCUT2D eigenvalue weighted by Crippen LogP contribution is 2.28. The first kappa shape index (κ1) is 14.8. The number of hydrogen-bond donors (Lipinski definition) is 1. The minimum atomic E-state index is -0.444. The van der Waals surface area contributed by atoms with Crippen molar-refractivity contribution >= 4 is 27.7 Å². The Morgan fingerprint density at radius 3 is 2.72 bits per heavy atom. The van der Waals surface area contributed by atoms with Crippen molar-refractivity contribution in [1.29, 1.82) is 0 Å². The quantitative estimate of drug-likeness (QED) is 0.886. The molecule has 5 heteroatoms. The van der Waals surface area contributed by atoms with Crippen molar-refractivity contribution in [1.82, 2.24) is 0 Å². The molecule has 0 aromatic heterocycles. The Bertz CT molecular complexity index is 409. The smallest absolute Gasteiger partial charge is 0.411 e. The van der Waals surface area contributed by atoms with Gasteiger partial charge in [-0.3, -0.25) is 5.32 Å².